The smallest absolute Gasteiger partial charge is 0.316 e. The Balaban J connectivity index is 1.32. The highest BCUT2D eigenvalue weighted by molar-refractivity contribution is 5.79. The van der Waals surface area contributed by atoms with E-state index in [2.05, 4.69) is 9.97 Å². The number of likely N-dealkylation sites (tertiary alicyclic amines) is 1. The second-order valence-corrected chi connectivity index (χ2v) is 8.42. The normalized spacial score (nSPS) is 18.0. The fraction of sp³-hybridized carbons (Fsp3) is 0.500. The number of nitrogens with zero attached hydrogens (tertiary/aromatic N) is 3. The molecule has 2 aromatic rings. The monoisotopic (exact) mass is 424 g/mol. The van der Waals surface area contributed by atoms with Gasteiger partial charge in [-0.25, -0.2) is 14.4 Å². The van der Waals surface area contributed by atoms with Gasteiger partial charge in [-0.05, 0) is 24.6 Å². The number of carbonyl (C=O) groups excluding carboxylic acids is 1. The van der Waals surface area contributed by atoms with Crippen LogP contribution in [0, 0.1) is 17.1 Å². The average Bonchev–Trinajstić information content (AvgIpc) is 2.82. The molecule has 0 unspecified atom stereocenters. The molecule has 31 heavy (non-hydrogen) atoms. The van der Waals surface area contributed by atoms with Gasteiger partial charge in [0.25, 0.3) is 0 Å². The van der Waals surface area contributed by atoms with Crippen LogP contribution in [0.3, 0.4) is 0 Å². The fourth-order valence-corrected chi connectivity index (χ4v) is 4.54. The average molecular weight is 425 g/mol. The Morgan fingerprint density at radius 2 is 1.84 bits per heavy atom. The van der Waals surface area contributed by atoms with Crippen LogP contribution in [0.2, 0.25) is 0 Å². The Bertz CT molecular complexity index is 904. The summed E-state index contributed by atoms with van der Waals surface area (Å²) < 4.78 is 20.6. The van der Waals surface area contributed by atoms with Crippen molar-refractivity contribution in [1.82, 2.24) is 14.9 Å². The van der Waals surface area contributed by atoms with E-state index in [0.717, 1.165) is 25.7 Å². The molecule has 164 valence electrons. The number of aromatic nitrogens is 2. The Hall–Kier alpha value is -2.83. The molecule has 1 saturated carbocycles. The van der Waals surface area contributed by atoms with Crippen LogP contribution in [-0.2, 0) is 11.2 Å². The topological polar surface area (TPSA) is 79.2 Å². The van der Waals surface area contributed by atoms with Gasteiger partial charge >= 0.3 is 6.01 Å². The van der Waals surface area contributed by atoms with Crippen molar-refractivity contribution >= 4 is 12.1 Å². The number of carbonyl (C=O) groups is 1. The Labute approximate surface area is 182 Å². The third-order valence-electron chi connectivity index (χ3n) is 6.32. The summed E-state index contributed by atoms with van der Waals surface area (Å²) in [6, 6.07) is 5.40. The highest BCUT2D eigenvalue weighted by atomic mass is 19.1. The molecule has 1 aliphatic carbocycles. The van der Waals surface area contributed by atoms with Crippen molar-refractivity contribution in [3.63, 3.8) is 0 Å². The quantitative estimate of drug-likeness (QED) is 0.696. The van der Waals surface area contributed by atoms with E-state index in [0.29, 0.717) is 35.7 Å². The van der Waals surface area contributed by atoms with Crippen LogP contribution in [0.5, 0.6) is 6.01 Å². The number of halogens is 1. The molecule has 6 nitrogen and oxygen atoms in total. The summed E-state index contributed by atoms with van der Waals surface area (Å²) in [4.78, 5) is 23.2. The highest BCUT2D eigenvalue weighted by Crippen LogP contribution is 2.28. The van der Waals surface area contributed by atoms with E-state index < -0.39 is 0 Å². The first kappa shape index (κ1) is 21.4. The van der Waals surface area contributed by atoms with Gasteiger partial charge in [0.15, 0.2) is 0 Å². The van der Waals surface area contributed by atoms with Crippen LogP contribution in [0.15, 0.2) is 30.6 Å². The molecule has 1 aromatic heterocycles. The van der Waals surface area contributed by atoms with Gasteiger partial charge in [-0.3, -0.25) is 4.79 Å². The van der Waals surface area contributed by atoms with Crippen molar-refractivity contribution in [1.29, 1.82) is 5.41 Å². The molecule has 1 aliphatic heterocycles. The van der Waals surface area contributed by atoms with E-state index in [-0.39, 0.29) is 30.3 Å². The van der Waals surface area contributed by atoms with E-state index >= 15 is 0 Å². The summed E-state index contributed by atoms with van der Waals surface area (Å²) in [5.41, 5.74) is 1.47. The minimum absolute atomic E-state index is 0.0195. The molecule has 0 atom stereocenters. The second-order valence-electron chi connectivity index (χ2n) is 8.42. The van der Waals surface area contributed by atoms with Crippen LogP contribution in [0.25, 0.3) is 11.1 Å². The van der Waals surface area contributed by atoms with Crippen LogP contribution in [-0.4, -0.2) is 46.2 Å². The molecule has 4 rings (SSSR count). The molecule has 1 saturated heterocycles. The highest BCUT2D eigenvalue weighted by Gasteiger charge is 2.30. The predicted octanol–water partition coefficient (Wildman–Crippen LogP) is 4.42. The van der Waals surface area contributed by atoms with Crippen molar-refractivity contribution in [2.75, 3.05) is 13.1 Å². The summed E-state index contributed by atoms with van der Waals surface area (Å²) in [5, 5.41) is 7.20. The molecule has 0 radical (unpaired) electrons. The number of benzene rings is 1. The van der Waals surface area contributed by atoms with Gasteiger partial charge in [0.05, 0.1) is 0 Å². The summed E-state index contributed by atoms with van der Waals surface area (Å²) in [7, 11) is 0. The molecule has 2 fully saturated rings. The summed E-state index contributed by atoms with van der Waals surface area (Å²) in [5.74, 6) is 0.171. The third kappa shape index (κ3) is 5.09. The predicted molar refractivity (Wildman–Crippen MR) is 117 cm³/mol. The van der Waals surface area contributed by atoms with E-state index in [1.807, 2.05) is 4.90 Å². The van der Waals surface area contributed by atoms with Crippen molar-refractivity contribution in [2.24, 2.45) is 5.92 Å². The van der Waals surface area contributed by atoms with Crippen molar-refractivity contribution in [3.05, 3.63) is 42.0 Å². The first-order valence-electron chi connectivity index (χ1n) is 11.2. The number of rotatable bonds is 6. The first-order valence-corrected chi connectivity index (χ1v) is 11.2. The zero-order valence-corrected chi connectivity index (χ0v) is 17.7. The lowest BCUT2D eigenvalue weighted by molar-refractivity contribution is -0.138. The van der Waals surface area contributed by atoms with E-state index in [9.17, 15) is 9.18 Å². The van der Waals surface area contributed by atoms with Crippen LogP contribution in [0.4, 0.5) is 4.39 Å². The van der Waals surface area contributed by atoms with Gasteiger partial charge in [0.1, 0.15) is 11.9 Å². The maximum Gasteiger partial charge on any atom is 0.316 e. The lowest BCUT2D eigenvalue weighted by Crippen LogP contribution is -2.44. The van der Waals surface area contributed by atoms with E-state index in [1.54, 1.807) is 30.6 Å². The lowest BCUT2D eigenvalue weighted by atomic mass is 9.88. The van der Waals surface area contributed by atoms with Gasteiger partial charge in [-0.2, -0.15) is 0 Å². The maximum atomic E-state index is 14.6. The molecule has 1 N–H and O–H groups in total. The number of hydrogen-bond acceptors (Lipinski definition) is 5. The van der Waals surface area contributed by atoms with Crippen molar-refractivity contribution in [2.45, 2.75) is 57.5 Å². The summed E-state index contributed by atoms with van der Waals surface area (Å²) in [6.07, 6.45) is 11.7. The SMILES string of the molecule is N=CCc1cccc(-c2cnc(OC3CCN(C(=O)C4CCCCC4)CC3)nc2)c1F. The third-order valence-corrected chi connectivity index (χ3v) is 6.32. The largest absolute Gasteiger partial charge is 0.460 e. The van der Waals surface area contributed by atoms with Crippen molar-refractivity contribution in [3.8, 4) is 17.1 Å². The Morgan fingerprint density at radius 3 is 2.52 bits per heavy atom. The first-order chi connectivity index (χ1) is 15.2. The van der Waals surface area contributed by atoms with Gasteiger partial charge in [0.2, 0.25) is 5.91 Å². The molecule has 2 heterocycles. The minimum Gasteiger partial charge on any atom is -0.460 e. The molecule has 1 amide bonds. The molecular formula is C24H29FN4O2. The second kappa shape index (κ2) is 9.98. The summed E-state index contributed by atoms with van der Waals surface area (Å²) >= 11 is 0. The maximum absolute atomic E-state index is 14.6. The molecule has 1 aromatic carbocycles. The standard InChI is InChI=1S/C24H29FN4O2/c25-22-17(9-12-26)7-4-8-21(22)19-15-27-24(28-16-19)31-20-10-13-29(14-11-20)23(30)18-5-2-1-3-6-18/h4,7-8,12,15-16,18,20,26H,1-3,5-6,9-11,13-14H2. The number of nitrogens with one attached hydrogen (secondary N) is 1. The lowest BCUT2D eigenvalue weighted by Gasteiger charge is -2.34. The number of ether oxygens (including phenoxy) is 1. The zero-order valence-electron chi connectivity index (χ0n) is 17.7. The Morgan fingerprint density at radius 1 is 1.13 bits per heavy atom. The van der Waals surface area contributed by atoms with Gasteiger partial charge in [-0.15, -0.1) is 0 Å². The Kier molecular flexibility index (Phi) is 6.89. The zero-order chi connectivity index (χ0) is 21.6. The minimum atomic E-state index is -0.349. The molecule has 7 heteroatoms. The number of amides is 1. The molecular weight excluding hydrogens is 395 g/mol. The number of piperidine rings is 1. The molecule has 0 bridgehead atoms. The van der Waals surface area contributed by atoms with Crippen LogP contribution >= 0.6 is 0 Å². The van der Waals surface area contributed by atoms with Gasteiger partial charge < -0.3 is 15.0 Å². The summed E-state index contributed by atoms with van der Waals surface area (Å²) in [6.45, 7) is 1.42. The van der Waals surface area contributed by atoms with E-state index in [1.165, 1.54) is 25.5 Å². The van der Waals surface area contributed by atoms with Crippen LogP contribution in [0.1, 0.15) is 50.5 Å². The van der Waals surface area contributed by atoms with Gasteiger partial charge in [0, 0.05) is 61.8 Å². The molecule has 0 spiro atoms. The molecule has 2 aliphatic rings. The van der Waals surface area contributed by atoms with Gasteiger partial charge in [-0.1, -0.05) is 37.5 Å². The fourth-order valence-electron chi connectivity index (χ4n) is 4.54. The number of hydrogen-bond donors (Lipinski definition) is 1. The van der Waals surface area contributed by atoms with Crippen molar-refractivity contribution < 1.29 is 13.9 Å². The van der Waals surface area contributed by atoms with Crippen LogP contribution < -0.4 is 4.74 Å². The van der Waals surface area contributed by atoms with E-state index in [4.69, 9.17) is 10.1 Å².